The fourth-order valence-electron chi connectivity index (χ4n) is 1.61. The summed E-state index contributed by atoms with van der Waals surface area (Å²) in [5, 5.41) is 2.67. The lowest BCUT2D eigenvalue weighted by molar-refractivity contribution is -0.115. The van der Waals surface area contributed by atoms with Gasteiger partial charge in [0.25, 0.3) is 5.91 Å². The van der Waals surface area contributed by atoms with Crippen molar-refractivity contribution < 1.29 is 18.8 Å². The lowest BCUT2D eigenvalue weighted by Gasteiger charge is -2.07. The number of carbonyl (C=O) groups excluding carboxylic acids is 3. The quantitative estimate of drug-likeness (QED) is 0.748. The number of benzene rings is 1. The van der Waals surface area contributed by atoms with Crippen LogP contribution in [0.3, 0.4) is 0 Å². The second-order valence-corrected chi connectivity index (χ2v) is 4.36. The average molecular weight is 301 g/mol. The summed E-state index contributed by atoms with van der Waals surface area (Å²) in [5.74, 6) is -1.04. The van der Waals surface area contributed by atoms with Crippen LogP contribution in [-0.2, 0) is 4.79 Å². The maximum Gasteiger partial charge on any atom is 0.305 e. The zero-order chi connectivity index (χ0) is 15.9. The van der Waals surface area contributed by atoms with Crippen LogP contribution in [0.4, 0.5) is 5.69 Å². The van der Waals surface area contributed by atoms with E-state index in [-0.39, 0.29) is 11.7 Å². The molecular weight excluding hydrogens is 286 g/mol. The van der Waals surface area contributed by atoms with Crippen LogP contribution in [0.5, 0.6) is 0 Å². The fourth-order valence-corrected chi connectivity index (χ4v) is 1.61. The predicted molar refractivity (Wildman–Crippen MR) is 79.0 cm³/mol. The maximum absolute atomic E-state index is 11.9. The second kappa shape index (κ2) is 7.07. The van der Waals surface area contributed by atoms with E-state index < -0.39 is 11.8 Å². The standard InChI is InChI=1S/C15H15N3O4/c1-2-13(19)16-11-7-5-10(6-8-11)14(20)17-18-15(21)12-4-3-9-22-12/h3-9H,2H2,1H3,(H,16,19)(H,17,20)(H,18,21). The van der Waals surface area contributed by atoms with Crippen LogP contribution in [0.15, 0.2) is 47.1 Å². The van der Waals surface area contributed by atoms with E-state index in [4.69, 9.17) is 4.42 Å². The van der Waals surface area contributed by atoms with Gasteiger partial charge in [0.15, 0.2) is 5.76 Å². The third kappa shape index (κ3) is 3.95. The molecule has 0 radical (unpaired) electrons. The highest BCUT2D eigenvalue weighted by Crippen LogP contribution is 2.09. The number of rotatable bonds is 4. The number of carbonyl (C=O) groups is 3. The van der Waals surface area contributed by atoms with E-state index in [1.165, 1.54) is 12.3 Å². The molecule has 3 amide bonds. The molecule has 3 N–H and O–H groups in total. The van der Waals surface area contributed by atoms with Crippen molar-refractivity contribution in [3.8, 4) is 0 Å². The van der Waals surface area contributed by atoms with Gasteiger partial charge in [-0.05, 0) is 36.4 Å². The van der Waals surface area contributed by atoms with Crippen LogP contribution < -0.4 is 16.2 Å². The molecular formula is C15H15N3O4. The Morgan fingerprint density at radius 3 is 2.27 bits per heavy atom. The van der Waals surface area contributed by atoms with Crippen LogP contribution in [0.1, 0.15) is 34.3 Å². The zero-order valence-electron chi connectivity index (χ0n) is 11.9. The molecule has 114 valence electrons. The Hall–Kier alpha value is -3.09. The number of anilines is 1. The molecule has 0 atom stereocenters. The molecule has 7 heteroatoms. The van der Waals surface area contributed by atoms with Crippen LogP contribution in [0.2, 0.25) is 0 Å². The highest BCUT2D eigenvalue weighted by molar-refractivity contribution is 5.98. The first-order valence-electron chi connectivity index (χ1n) is 6.64. The molecule has 2 rings (SSSR count). The minimum Gasteiger partial charge on any atom is -0.459 e. The van der Waals surface area contributed by atoms with Gasteiger partial charge in [-0.3, -0.25) is 25.2 Å². The van der Waals surface area contributed by atoms with Gasteiger partial charge in [-0.15, -0.1) is 0 Å². The Morgan fingerprint density at radius 2 is 1.68 bits per heavy atom. The molecule has 0 bridgehead atoms. The molecule has 7 nitrogen and oxygen atoms in total. The smallest absolute Gasteiger partial charge is 0.305 e. The van der Waals surface area contributed by atoms with E-state index in [1.807, 2.05) is 0 Å². The molecule has 2 aromatic rings. The Kier molecular flexibility index (Phi) is 4.92. The highest BCUT2D eigenvalue weighted by atomic mass is 16.3. The molecule has 0 unspecified atom stereocenters. The van der Waals surface area contributed by atoms with Crippen molar-refractivity contribution in [3.05, 3.63) is 54.0 Å². The molecule has 0 aliphatic heterocycles. The van der Waals surface area contributed by atoms with Gasteiger partial charge in [-0.25, -0.2) is 0 Å². The molecule has 0 fully saturated rings. The SMILES string of the molecule is CCC(=O)Nc1ccc(C(=O)NNC(=O)c2ccco2)cc1. The molecule has 0 aliphatic rings. The minimum absolute atomic E-state index is 0.0953. The van der Waals surface area contributed by atoms with Gasteiger partial charge in [-0.2, -0.15) is 0 Å². The first-order chi connectivity index (χ1) is 10.6. The predicted octanol–water partition coefficient (Wildman–Crippen LogP) is 1.70. The number of furan rings is 1. The van der Waals surface area contributed by atoms with Gasteiger partial charge in [0.1, 0.15) is 0 Å². The van der Waals surface area contributed by atoms with Crippen LogP contribution in [0, 0.1) is 0 Å². The van der Waals surface area contributed by atoms with Gasteiger partial charge in [0.05, 0.1) is 6.26 Å². The van der Waals surface area contributed by atoms with Crippen molar-refractivity contribution in [2.24, 2.45) is 0 Å². The van der Waals surface area contributed by atoms with Crippen LogP contribution >= 0.6 is 0 Å². The van der Waals surface area contributed by atoms with E-state index in [0.717, 1.165) is 0 Å². The van der Waals surface area contributed by atoms with Gasteiger partial charge >= 0.3 is 5.91 Å². The Labute approximate surface area is 126 Å². The first kappa shape index (κ1) is 15.3. The molecule has 0 saturated carbocycles. The number of nitrogens with one attached hydrogen (secondary N) is 3. The molecule has 0 aliphatic carbocycles. The van der Waals surface area contributed by atoms with Crippen molar-refractivity contribution in [2.75, 3.05) is 5.32 Å². The van der Waals surface area contributed by atoms with Crippen molar-refractivity contribution in [3.63, 3.8) is 0 Å². The summed E-state index contributed by atoms with van der Waals surface area (Å²) < 4.78 is 4.89. The average Bonchev–Trinajstić information content (AvgIpc) is 3.07. The Balaban J connectivity index is 1.90. The Morgan fingerprint density at radius 1 is 1.00 bits per heavy atom. The first-order valence-corrected chi connectivity index (χ1v) is 6.64. The van der Waals surface area contributed by atoms with Crippen molar-refractivity contribution in [1.82, 2.24) is 10.9 Å². The van der Waals surface area contributed by atoms with Gasteiger partial charge in [0.2, 0.25) is 5.91 Å². The zero-order valence-corrected chi connectivity index (χ0v) is 11.9. The summed E-state index contributed by atoms with van der Waals surface area (Å²) in [5.41, 5.74) is 5.45. The van der Waals surface area contributed by atoms with E-state index in [2.05, 4.69) is 16.2 Å². The second-order valence-electron chi connectivity index (χ2n) is 4.36. The van der Waals surface area contributed by atoms with E-state index >= 15 is 0 Å². The van der Waals surface area contributed by atoms with Crippen molar-refractivity contribution in [2.45, 2.75) is 13.3 Å². The summed E-state index contributed by atoms with van der Waals surface area (Å²) >= 11 is 0. The minimum atomic E-state index is -0.551. The van der Waals surface area contributed by atoms with Crippen molar-refractivity contribution in [1.29, 1.82) is 0 Å². The van der Waals surface area contributed by atoms with Gasteiger partial charge in [-0.1, -0.05) is 6.92 Å². The third-order valence-corrected chi connectivity index (χ3v) is 2.79. The monoisotopic (exact) mass is 301 g/mol. The normalized spacial score (nSPS) is 9.86. The summed E-state index contributed by atoms with van der Waals surface area (Å²) in [6, 6.07) is 9.35. The van der Waals surface area contributed by atoms with Gasteiger partial charge < -0.3 is 9.73 Å². The molecule has 1 heterocycles. The summed E-state index contributed by atoms with van der Waals surface area (Å²) in [4.78, 5) is 34.7. The van der Waals surface area contributed by atoms with E-state index in [1.54, 1.807) is 37.3 Å². The van der Waals surface area contributed by atoms with Gasteiger partial charge in [0, 0.05) is 17.7 Å². The lowest BCUT2D eigenvalue weighted by atomic mass is 10.2. The van der Waals surface area contributed by atoms with Crippen LogP contribution in [0.25, 0.3) is 0 Å². The number of amides is 3. The Bertz CT molecular complexity index is 663. The third-order valence-electron chi connectivity index (χ3n) is 2.79. The summed E-state index contributed by atoms with van der Waals surface area (Å²) in [6.07, 6.45) is 1.74. The maximum atomic E-state index is 11.9. The van der Waals surface area contributed by atoms with E-state index in [9.17, 15) is 14.4 Å². The molecule has 1 aromatic carbocycles. The van der Waals surface area contributed by atoms with Crippen molar-refractivity contribution >= 4 is 23.4 Å². The lowest BCUT2D eigenvalue weighted by Crippen LogP contribution is -2.41. The molecule has 0 saturated heterocycles. The largest absolute Gasteiger partial charge is 0.459 e. The summed E-state index contributed by atoms with van der Waals surface area (Å²) in [6.45, 7) is 1.75. The number of hydrogen-bond donors (Lipinski definition) is 3. The molecule has 22 heavy (non-hydrogen) atoms. The van der Waals surface area contributed by atoms with E-state index in [0.29, 0.717) is 17.7 Å². The summed E-state index contributed by atoms with van der Waals surface area (Å²) in [7, 11) is 0. The highest BCUT2D eigenvalue weighted by Gasteiger charge is 2.11. The van der Waals surface area contributed by atoms with Crippen LogP contribution in [-0.4, -0.2) is 17.7 Å². The fraction of sp³-hybridized carbons (Fsp3) is 0.133. The number of hydrazine groups is 1. The number of hydrogen-bond acceptors (Lipinski definition) is 4. The molecule has 0 spiro atoms. The topological polar surface area (TPSA) is 100 Å². The molecule has 1 aromatic heterocycles.